The molecule has 194 valence electrons. The Labute approximate surface area is 248 Å². The fourth-order valence-electron chi connectivity index (χ4n) is 5.53. The van der Waals surface area contributed by atoms with Crippen molar-refractivity contribution in [1.29, 1.82) is 0 Å². The van der Waals surface area contributed by atoms with Crippen LogP contribution in [0.2, 0.25) is 0 Å². The molecule has 1 aliphatic heterocycles. The summed E-state index contributed by atoms with van der Waals surface area (Å²) in [5, 5.41) is 1.21. The van der Waals surface area contributed by atoms with Crippen LogP contribution < -0.4 is 21.2 Å². The third-order valence-electron chi connectivity index (χ3n) is 7.44. The number of halogens is 1. The number of rotatable bonds is 4. The quantitative estimate of drug-likeness (QED) is 0.230. The van der Waals surface area contributed by atoms with Gasteiger partial charge in [-0.05, 0) is 0 Å². The molecule has 41 heavy (non-hydrogen) atoms. The monoisotopic (exact) mass is 636 g/mol. The first-order chi connectivity index (χ1) is 20.3. The van der Waals surface area contributed by atoms with Crippen molar-refractivity contribution < 1.29 is 21.2 Å². The summed E-state index contributed by atoms with van der Waals surface area (Å²) in [6, 6.07) is 48.6. The molecule has 0 saturated heterocycles. The van der Waals surface area contributed by atoms with Crippen LogP contribution in [-0.2, 0) is 0 Å². The van der Waals surface area contributed by atoms with Crippen LogP contribution in [0, 0.1) is 7.14 Å². The van der Waals surface area contributed by atoms with Crippen molar-refractivity contribution >= 4 is 10.9 Å². The summed E-state index contributed by atoms with van der Waals surface area (Å²) < 4.78 is 2.87. The third-order valence-corrected chi connectivity index (χ3v) is 10.6. The molecule has 7 aromatic rings. The van der Waals surface area contributed by atoms with Gasteiger partial charge in [0.15, 0.2) is 0 Å². The van der Waals surface area contributed by atoms with E-state index in [1.165, 1.54) is 23.7 Å². The average Bonchev–Trinajstić information content (AvgIpc) is 3.45. The minimum absolute atomic E-state index is 0.405. The van der Waals surface area contributed by atoms with Crippen molar-refractivity contribution in [1.82, 2.24) is 15.0 Å². The second-order valence-electron chi connectivity index (χ2n) is 9.98. The van der Waals surface area contributed by atoms with E-state index in [1.807, 2.05) is 24.3 Å². The van der Waals surface area contributed by atoms with Gasteiger partial charge in [-0.2, -0.15) is 0 Å². The summed E-state index contributed by atoms with van der Waals surface area (Å²) in [7, 11) is 0. The fourth-order valence-corrected chi connectivity index (χ4v) is 8.90. The molecule has 0 spiro atoms. The number of hydrogen-bond donors (Lipinski definition) is 0. The Morgan fingerprint density at radius 1 is 0.463 bits per heavy atom. The summed E-state index contributed by atoms with van der Waals surface area (Å²) >= 11 is -0.405. The van der Waals surface area contributed by atoms with Crippen molar-refractivity contribution in [3.8, 4) is 56.3 Å². The van der Waals surface area contributed by atoms with Gasteiger partial charge in [0.2, 0.25) is 0 Å². The third kappa shape index (κ3) is 4.23. The standard InChI is InChI=1S/C37H23IN3/c1-4-13-24(14-5-1)31-23-32(41-37(40-31)26-17-8-3-9-18-26)28-20-12-22-30-33(28)35-34(27-19-10-11-21-29(27)38-35)36(39-30)25-15-6-2-7-16-25/h1-23H/q-1. The molecule has 0 unspecified atom stereocenters. The molecular weight excluding hydrogens is 613 g/mol. The number of nitrogens with zero attached hydrogens (tertiary/aromatic N) is 3. The number of hydrogen-bond acceptors (Lipinski definition) is 3. The van der Waals surface area contributed by atoms with Crippen molar-refractivity contribution in [2.75, 3.05) is 0 Å². The van der Waals surface area contributed by atoms with Gasteiger partial charge in [0, 0.05) is 0 Å². The maximum absolute atomic E-state index is 5.34. The van der Waals surface area contributed by atoms with Gasteiger partial charge >= 0.3 is 250 Å². The molecular formula is C37H23IN3-. The molecule has 3 heterocycles. The molecule has 8 rings (SSSR count). The number of pyridine rings is 1. The van der Waals surface area contributed by atoms with Crippen LogP contribution in [-0.4, -0.2) is 15.0 Å². The van der Waals surface area contributed by atoms with E-state index in [9.17, 15) is 0 Å². The van der Waals surface area contributed by atoms with E-state index in [1.54, 1.807) is 0 Å². The molecule has 0 saturated carbocycles. The van der Waals surface area contributed by atoms with Crippen LogP contribution in [0.3, 0.4) is 0 Å². The normalized spacial score (nSPS) is 12.0. The van der Waals surface area contributed by atoms with Gasteiger partial charge in [-0.3, -0.25) is 0 Å². The summed E-state index contributed by atoms with van der Waals surface area (Å²) in [6.07, 6.45) is 0. The zero-order valence-electron chi connectivity index (χ0n) is 22.0. The van der Waals surface area contributed by atoms with Crippen molar-refractivity contribution in [2.24, 2.45) is 0 Å². The van der Waals surface area contributed by atoms with E-state index in [2.05, 4.69) is 115 Å². The Kier molecular flexibility index (Phi) is 5.92. The SMILES string of the molecule is c1ccc(-c2cc(-c3cccc4nc(-c5ccccc5)c5c(c34)[I-]c3ccccc3-5)nc(-c3ccccc3)n2)cc1. The molecule has 5 aromatic carbocycles. The second-order valence-corrected chi connectivity index (χ2v) is 12.8. The Morgan fingerprint density at radius 2 is 1.07 bits per heavy atom. The first-order valence-electron chi connectivity index (χ1n) is 13.6. The van der Waals surface area contributed by atoms with Gasteiger partial charge in [0.05, 0.1) is 0 Å². The second kappa shape index (κ2) is 10.1. The molecule has 0 atom stereocenters. The van der Waals surface area contributed by atoms with E-state index >= 15 is 0 Å². The topological polar surface area (TPSA) is 38.7 Å². The van der Waals surface area contributed by atoms with Crippen LogP contribution in [0.4, 0.5) is 0 Å². The van der Waals surface area contributed by atoms with Gasteiger partial charge in [0.25, 0.3) is 0 Å². The molecule has 0 amide bonds. The average molecular weight is 637 g/mol. The molecule has 2 aromatic heterocycles. The van der Waals surface area contributed by atoms with Crippen LogP contribution in [0.5, 0.6) is 0 Å². The van der Waals surface area contributed by atoms with Crippen LogP contribution in [0.15, 0.2) is 140 Å². The Morgan fingerprint density at radius 3 is 1.83 bits per heavy atom. The number of benzene rings is 5. The van der Waals surface area contributed by atoms with Gasteiger partial charge in [-0.25, -0.2) is 0 Å². The van der Waals surface area contributed by atoms with Crippen LogP contribution in [0.25, 0.3) is 67.2 Å². The molecule has 0 fully saturated rings. The summed E-state index contributed by atoms with van der Waals surface area (Å²) in [5.41, 5.74) is 10.8. The maximum atomic E-state index is 5.34. The van der Waals surface area contributed by atoms with E-state index in [-0.39, 0.29) is 0 Å². The molecule has 0 bridgehead atoms. The molecule has 1 aliphatic rings. The van der Waals surface area contributed by atoms with Gasteiger partial charge in [0.1, 0.15) is 0 Å². The van der Waals surface area contributed by atoms with E-state index in [0.717, 1.165) is 50.7 Å². The van der Waals surface area contributed by atoms with Crippen molar-refractivity contribution in [3.63, 3.8) is 0 Å². The predicted molar refractivity (Wildman–Crippen MR) is 162 cm³/mol. The van der Waals surface area contributed by atoms with E-state index in [0.29, 0.717) is 0 Å². The first-order valence-corrected chi connectivity index (χ1v) is 15.8. The zero-order valence-corrected chi connectivity index (χ0v) is 24.2. The van der Waals surface area contributed by atoms with Gasteiger partial charge in [-0.1, -0.05) is 0 Å². The summed E-state index contributed by atoms with van der Waals surface area (Å²) in [4.78, 5) is 15.5. The number of fused-ring (bicyclic) bond motifs is 5. The van der Waals surface area contributed by atoms with Crippen LogP contribution in [0.1, 0.15) is 0 Å². The van der Waals surface area contributed by atoms with E-state index < -0.39 is 21.2 Å². The fraction of sp³-hybridized carbons (Fsp3) is 0. The first kappa shape index (κ1) is 24.1. The molecule has 0 N–H and O–H groups in total. The predicted octanol–water partition coefficient (Wildman–Crippen LogP) is 5.80. The summed E-state index contributed by atoms with van der Waals surface area (Å²) in [6.45, 7) is 0. The molecule has 3 nitrogen and oxygen atoms in total. The molecule has 0 aliphatic carbocycles. The molecule has 4 heteroatoms. The Bertz CT molecular complexity index is 2000. The minimum atomic E-state index is -0.405. The Balaban J connectivity index is 1.43. The molecule has 0 radical (unpaired) electrons. The van der Waals surface area contributed by atoms with Crippen LogP contribution >= 0.6 is 0 Å². The van der Waals surface area contributed by atoms with Crippen molar-refractivity contribution in [3.05, 3.63) is 147 Å². The van der Waals surface area contributed by atoms with Gasteiger partial charge < -0.3 is 0 Å². The Hall–Kier alpha value is -4.68. The van der Waals surface area contributed by atoms with E-state index in [4.69, 9.17) is 15.0 Å². The number of aromatic nitrogens is 3. The van der Waals surface area contributed by atoms with Crippen molar-refractivity contribution in [2.45, 2.75) is 0 Å². The zero-order chi connectivity index (χ0) is 27.2. The summed E-state index contributed by atoms with van der Waals surface area (Å²) in [5.74, 6) is 0.724. The van der Waals surface area contributed by atoms with Gasteiger partial charge in [-0.15, -0.1) is 0 Å².